The Hall–Kier alpha value is -1.42. The van der Waals surface area contributed by atoms with Crippen molar-refractivity contribution >= 4 is 10.0 Å². The Morgan fingerprint density at radius 1 is 1.37 bits per heavy atom. The highest BCUT2D eigenvalue weighted by atomic mass is 32.2. The van der Waals surface area contributed by atoms with E-state index >= 15 is 0 Å². The van der Waals surface area contributed by atoms with Gasteiger partial charge in [0.15, 0.2) is 0 Å². The van der Waals surface area contributed by atoms with E-state index in [1.54, 1.807) is 0 Å². The average Bonchev–Trinajstić information content (AvgIpc) is 2.36. The molecule has 0 spiro atoms. The molecular weight excluding hydrogens is 264 g/mol. The fourth-order valence-corrected chi connectivity index (χ4v) is 3.85. The van der Waals surface area contributed by atoms with Gasteiger partial charge in [-0.3, -0.25) is 0 Å². The number of aliphatic hydroxyl groups is 1. The van der Waals surface area contributed by atoms with Crippen molar-refractivity contribution in [3.8, 4) is 6.07 Å². The van der Waals surface area contributed by atoms with Gasteiger partial charge in [-0.05, 0) is 30.7 Å². The standard InChI is InChI=1S/C13H16N2O3S/c1-2-7-13(16)9-15(10-13)19(17,18)12-5-3-11(8-14)4-6-12/h3-6,16H,2,7,9-10H2,1H3. The van der Waals surface area contributed by atoms with Crippen LogP contribution in [0.1, 0.15) is 25.3 Å². The Labute approximate surface area is 113 Å². The van der Waals surface area contributed by atoms with Crippen molar-refractivity contribution in [3.05, 3.63) is 29.8 Å². The van der Waals surface area contributed by atoms with E-state index in [4.69, 9.17) is 5.26 Å². The van der Waals surface area contributed by atoms with Gasteiger partial charge in [0.05, 0.1) is 22.1 Å². The molecule has 1 heterocycles. The van der Waals surface area contributed by atoms with Crippen LogP contribution >= 0.6 is 0 Å². The number of benzene rings is 1. The highest BCUT2D eigenvalue weighted by Gasteiger charge is 2.46. The molecule has 1 aliphatic rings. The second-order valence-corrected chi connectivity index (χ2v) is 6.82. The molecule has 0 unspecified atom stereocenters. The van der Waals surface area contributed by atoms with E-state index in [-0.39, 0.29) is 18.0 Å². The van der Waals surface area contributed by atoms with Crippen LogP contribution in [0.4, 0.5) is 0 Å². The highest BCUT2D eigenvalue weighted by molar-refractivity contribution is 7.89. The van der Waals surface area contributed by atoms with Gasteiger partial charge in [0.1, 0.15) is 0 Å². The largest absolute Gasteiger partial charge is 0.387 e. The van der Waals surface area contributed by atoms with Crippen LogP contribution in [0.2, 0.25) is 0 Å². The number of nitrogens with zero attached hydrogens (tertiary/aromatic N) is 2. The van der Waals surface area contributed by atoms with Gasteiger partial charge in [-0.15, -0.1) is 0 Å². The zero-order valence-electron chi connectivity index (χ0n) is 10.7. The van der Waals surface area contributed by atoms with Crippen molar-refractivity contribution in [1.82, 2.24) is 4.31 Å². The van der Waals surface area contributed by atoms with Gasteiger partial charge >= 0.3 is 0 Å². The lowest BCUT2D eigenvalue weighted by Crippen LogP contribution is -2.63. The first-order chi connectivity index (χ1) is 8.91. The maximum absolute atomic E-state index is 12.2. The molecule has 1 aliphatic heterocycles. The van der Waals surface area contributed by atoms with Gasteiger partial charge in [0, 0.05) is 13.1 Å². The molecule has 0 amide bonds. The Morgan fingerprint density at radius 3 is 2.42 bits per heavy atom. The number of sulfonamides is 1. The summed E-state index contributed by atoms with van der Waals surface area (Å²) in [6, 6.07) is 7.74. The third-order valence-corrected chi connectivity index (χ3v) is 5.08. The van der Waals surface area contributed by atoms with Crippen molar-refractivity contribution in [3.63, 3.8) is 0 Å². The van der Waals surface area contributed by atoms with Crippen molar-refractivity contribution in [1.29, 1.82) is 5.26 Å². The maximum Gasteiger partial charge on any atom is 0.243 e. The Bertz CT molecular complexity index is 596. The molecule has 102 valence electrons. The predicted molar refractivity (Wildman–Crippen MR) is 69.8 cm³/mol. The molecule has 0 bridgehead atoms. The molecule has 1 aromatic rings. The summed E-state index contributed by atoms with van der Waals surface area (Å²) < 4.78 is 25.7. The Morgan fingerprint density at radius 2 is 1.95 bits per heavy atom. The predicted octanol–water partition coefficient (Wildman–Crippen LogP) is 1.09. The first-order valence-corrected chi connectivity index (χ1v) is 7.58. The molecule has 0 radical (unpaired) electrons. The lowest BCUT2D eigenvalue weighted by molar-refractivity contribution is -0.0653. The van der Waals surface area contributed by atoms with E-state index in [1.807, 2.05) is 13.0 Å². The van der Waals surface area contributed by atoms with Crippen LogP contribution in [0.15, 0.2) is 29.2 Å². The van der Waals surface area contributed by atoms with Gasteiger partial charge in [0.25, 0.3) is 0 Å². The summed E-state index contributed by atoms with van der Waals surface area (Å²) in [5, 5.41) is 18.7. The fraction of sp³-hybridized carbons (Fsp3) is 0.462. The van der Waals surface area contributed by atoms with Gasteiger partial charge in [-0.1, -0.05) is 13.3 Å². The molecule has 0 aliphatic carbocycles. The molecule has 1 aromatic carbocycles. The van der Waals surface area contributed by atoms with Crippen LogP contribution in [0.25, 0.3) is 0 Å². The zero-order chi connectivity index (χ0) is 14.1. The van der Waals surface area contributed by atoms with E-state index in [9.17, 15) is 13.5 Å². The van der Waals surface area contributed by atoms with E-state index in [1.165, 1.54) is 28.6 Å². The Kier molecular flexibility index (Phi) is 3.63. The highest BCUT2D eigenvalue weighted by Crippen LogP contribution is 2.31. The number of hydrogen-bond donors (Lipinski definition) is 1. The zero-order valence-corrected chi connectivity index (χ0v) is 11.5. The van der Waals surface area contributed by atoms with Gasteiger partial charge in [0.2, 0.25) is 10.0 Å². The van der Waals surface area contributed by atoms with Crippen LogP contribution in [0, 0.1) is 11.3 Å². The monoisotopic (exact) mass is 280 g/mol. The average molecular weight is 280 g/mol. The van der Waals surface area contributed by atoms with Gasteiger partial charge in [-0.2, -0.15) is 9.57 Å². The van der Waals surface area contributed by atoms with Gasteiger partial charge in [-0.25, -0.2) is 8.42 Å². The lowest BCUT2D eigenvalue weighted by Gasteiger charge is -2.45. The summed E-state index contributed by atoms with van der Waals surface area (Å²) in [5.74, 6) is 0. The summed E-state index contributed by atoms with van der Waals surface area (Å²) in [6.07, 6.45) is 1.42. The molecule has 2 rings (SSSR count). The Balaban J connectivity index is 2.14. The van der Waals surface area contributed by atoms with Crippen molar-refractivity contribution in [2.45, 2.75) is 30.3 Å². The van der Waals surface area contributed by atoms with Crippen LogP contribution < -0.4 is 0 Å². The van der Waals surface area contributed by atoms with Crippen molar-refractivity contribution in [2.75, 3.05) is 13.1 Å². The molecule has 0 saturated carbocycles. The number of nitriles is 1. The number of rotatable bonds is 4. The summed E-state index contributed by atoms with van der Waals surface area (Å²) in [5.41, 5.74) is -0.459. The number of hydrogen-bond acceptors (Lipinski definition) is 4. The molecule has 1 saturated heterocycles. The molecule has 19 heavy (non-hydrogen) atoms. The molecule has 1 fully saturated rings. The number of β-amino-alcohol motifs (C(OH)–C–C–N with tert-alkyl or cyclic N) is 1. The fourth-order valence-electron chi connectivity index (χ4n) is 2.25. The first kappa shape index (κ1) is 14.0. The summed E-state index contributed by atoms with van der Waals surface area (Å²) in [7, 11) is -3.55. The lowest BCUT2D eigenvalue weighted by atomic mass is 9.92. The molecular formula is C13H16N2O3S. The minimum absolute atomic E-state index is 0.142. The first-order valence-electron chi connectivity index (χ1n) is 6.14. The summed E-state index contributed by atoms with van der Waals surface area (Å²) >= 11 is 0. The van der Waals surface area contributed by atoms with Crippen molar-refractivity contribution < 1.29 is 13.5 Å². The quantitative estimate of drug-likeness (QED) is 0.895. The van der Waals surface area contributed by atoms with Crippen LogP contribution in [-0.2, 0) is 10.0 Å². The summed E-state index contributed by atoms with van der Waals surface area (Å²) in [6.45, 7) is 2.24. The third-order valence-electron chi connectivity index (χ3n) is 3.28. The molecule has 5 nitrogen and oxygen atoms in total. The van der Waals surface area contributed by atoms with E-state index in [0.29, 0.717) is 12.0 Å². The molecule has 6 heteroatoms. The van der Waals surface area contributed by atoms with Crippen LogP contribution in [0.5, 0.6) is 0 Å². The van der Waals surface area contributed by atoms with Gasteiger partial charge < -0.3 is 5.11 Å². The van der Waals surface area contributed by atoms with Crippen LogP contribution in [0.3, 0.4) is 0 Å². The van der Waals surface area contributed by atoms with E-state index < -0.39 is 15.6 Å². The molecule has 0 aromatic heterocycles. The minimum atomic E-state index is -3.55. The molecule has 0 atom stereocenters. The minimum Gasteiger partial charge on any atom is -0.387 e. The normalized spacial score (nSPS) is 18.6. The third kappa shape index (κ3) is 2.63. The topological polar surface area (TPSA) is 81.4 Å². The second kappa shape index (κ2) is 4.93. The van der Waals surface area contributed by atoms with E-state index in [0.717, 1.165) is 6.42 Å². The van der Waals surface area contributed by atoms with Crippen LogP contribution in [-0.4, -0.2) is 36.5 Å². The second-order valence-electron chi connectivity index (χ2n) is 4.88. The molecule has 1 N–H and O–H groups in total. The van der Waals surface area contributed by atoms with E-state index in [2.05, 4.69) is 0 Å². The summed E-state index contributed by atoms with van der Waals surface area (Å²) in [4.78, 5) is 0.157. The SMILES string of the molecule is CCCC1(O)CN(S(=O)(=O)c2ccc(C#N)cc2)C1. The maximum atomic E-state index is 12.2. The smallest absolute Gasteiger partial charge is 0.243 e. The van der Waals surface area contributed by atoms with Crippen molar-refractivity contribution in [2.24, 2.45) is 0 Å².